The van der Waals surface area contributed by atoms with Gasteiger partial charge in [0.1, 0.15) is 5.82 Å². The van der Waals surface area contributed by atoms with Crippen molar-refractivity contribution < 1.29 is 14.4 Å². The lowest BCUT2D eigenvalue weighted by molar-refractivity contribution is 0.321. The first kappa shape index (κ1) is 15.5. The molecule has 0 saturated heterocycles. The van der Waals surface area contributed by atoms with Crippen molar-refractivity contribution in [1.29, 1.82) is 0 Å². The van der Waals surface area contributed by atoms with Gasteiger partial charge in [0, 0.05) is 18.0 Å². The minimum absolute atomic E-state index is 0.160. The van der Waals surface area contributed by atoms with Crippen LogP contribution in [0.2, 0.25) is 4.34 Å². The third-order valence-corrected chi connectivity index (χ3v) is 4.00. The molecule has 20 heavy (non-hydrogen) atoms. The normalized spacial score (nSPS) is 11.1. The maximum absolute atomic E-state index is 13.4. The van der Waals surface area contributed by atoms with Crippen molar-refractivity contribution in [2.45, 2.75) is 13.1 Å². The molecule has 0 radical (unpaired) electrons. The first-order chi connectivity index (χ1) is 9.44. The molecule has 106 valence electrons. The standard InChI is InChI=1S/C13H14BClFNO2S/c1-17(8-12-2-3-13(15)20-12)7-9-4-10(14(18)19)6-11(16)5-9/h2-6,18-19H,7-8H2,1H3. The Morgan fingerprint density at radius 2 is 2.00 bits per heavy atom. The van der Waals surface area contributed by atoms with E-state index in [0.717, 1.165) is 15.3 Å². The predicted octanol–water partition coefficient (Wildman–Crippen LogP) is 1.85. The summed E-state index contributed by atoms with van der Waals surface area (Å²) in [7, 11) is 0.249. The summed E-state index contributed by atoms with van der Waals surface area (Å²) in [6, 6.07) is 7.90. The van der Waals surface area contributed by atoms with Crippen LogP contribution in [0, 0.1) is 5.82 Å². The zero-order valence-corrected chi connectivity index (χ0v) is 12.5. The monoisotopic (exact) mass is 313 g/mol. The van der Waals surface area contributed by atoms with E-state index in [1.54, 1.807) is 6.07 Å². The molecule has 1 heterocycles. The molecule has 0 aliphatic carbocycles. The summed E-state index contributed by atoms with van der Waals surface area (Å²) >= 11 is 7.38. The third-order valence-electron chi connectivity index (χ3n) is 2.79. The second-order valence-corrected chi connectivity index (χ2v) is 6.44. The Kier molecular flexibility index (Phi) is 5.18. The Labute approximate surface area is 126 Å². The van der Waals surface area contributed by atoms with E-state index < -0.39 is 12.9 Å². The molecule has 7 heteroatoms. The van der Waals surface area contributed by atoms with E-state index >= 15 is 0 Å². The Balaban J connectivity index is 2.05. The molecule has 0 saturated carbocycles. The van der Waals surface area contributed by atoms with E-state index in [2.05, 4.69) is 0 Å². The molecule has 0 spiro atoms. The lowest BCUT2D eigenvalue weighted by Crippen LogP contribution is -2.31. The minimum atomic E-state index is -1.66. The van der Waals surface area contributed by atoms with Gasteiger partial charge >= 0.3 is 7.12 Å². The topological polar surface area (TPSA) is 43.7 Å². The number of nitrogens with zero attached hydrogens (tertiary/aromatic N) is 1. The van der Waals surface area contributed by atoms with Crippen molar-refractivity contribution in [2.24, 2.45) is 0 Å². The third kappa shape index (κ3) is 4.29. The van der Waals surface area contributed by atoms with Crippen LogP contribution in [0.1, 0.15) is 10.4 Å². The van der Waals surface area contributed by atoms with Crippen molar-refractivity contribution in [3.05, 3.63) is 50.9 Å². The molecule has 2 rings (SSSR count). The minimum Gasteiger partial charge on any atom is -0.423 e. The van der Waals surface area contributed by atoms with Crippen molar-refractivity contribution in [3.8, 4) is 0 Å². The number of benzene rings is 1. The largest absolute Gasteiger partial charge is 0.488 e. The highest BCUT2D eigenvalue weighted by atomic mass is 35.5. The van der Waals surface area contributed by atoms with Crippen molar-refractivity contribution >= 4 is 35.5 Å². The molecule has 0 aliphatic rings. The van der Waals surface area contributed by atoms with E-state index in [1.165, 1.54) is 17.4 Å². The zero-order valence-electron chi connectivity index (χ0n) is 10.9. The van der Waals surface area contributed by atoms with E-state index in [9.17, 15) is 4.39 Å². The summed E-state index contributed by atoms with van der Waals surface area (Å²) in [4.78, 5) is 3.13. The highest BCUT2D eigenvalue weighted by Gasteiger charge is 2.14. The van der Waals surface area contributed by atoms with Crippen LogP contribution < -0.4 is 5.46 Å². The molecule has 1 aromatic heterocycles. The van der Waals surface area contributed by atoms with Gasteiger partial charge in [-0.15, -0.1) is 11.3 Å². The average molecular weight is 314 g/mol. The predicted molar refractivity (Wildman–Crippen MR) is 80.7 cm³/mol. The van der Waals surface area contributed by atoms with Gasteiger partial charge in [0.25, 0.3) is 0 Å². The highest BCUT2D eigenvalue weighted by molar-refractivity contribution is 7.16. The van der Waals surface area contributed by atoms with Gasteiger partial charge in [-0.3, -0.25) is 4.90 Å². The number of rotatable bonds is 5. The summed E-state index contributed by atoms with van der Waals surface area (Å²) in [6.07, 6.45) is 0. The van der Waals surface area contributed by atoms with Crippen LogP contribution in [0.4, 0.5) is 4.39 Å². The number of hydrogen-bond acceptors (Lipinski definition) is 4. The van der Waals surface area contributed by atoms with Crippen LogP contribution in [0.3, 0.4) is 0 Å². The van der Waals surface area contributed by atoms with Gasteiger partial charge in [0.05, 0.1) is 4.34 Å². The van der Waals surface area contributed by atoms with Gasteiger partial charge in [0.2, 0.25) is 0 Å². The number of halogens is 2. The molecule has 3 nitrogen and oxygen atoms in total. The van der Waals surface area contributed by atoms with E-state index in [1.807, 2.05) is 24.1 Å². The highest BCUT2D eigenvalue weighted by Crippen LogP contribution is 2.22. The molecule has 0 amide bonds. The van der Waals surface area contributed by atoms with Crippen LogP contribution >= 0.6 is 22.9 Å². The van der Waals surface area contributed by atoms with Crippen LogP contribution in [-0.2, 0) is 13.1 Å². The van der Waals surface area contributed by atoms with Gasteiger partial charge in [-0.2, -0.15) is 0 Å². The van der Waals surface area contributed by atoms with Gasteiger partial charge in [-0.25, -0.2) is 4.39 Å². The molecule has 0 atom stereocenters. The van der Waals surface area contributed by atoms with E-state index in [4.69, 9.17) is 21.6 Å². The summed E-state index contributed by atoms with van der Waals surface area (Å²) in [5.74, 6) is -0.474. The molecule has 2 N–H and O–H groups in total. The van der Waals surface area contributed by atoms with Crippen molar-refractivity contribution in [2.75, 3.05) is 7.05 Å². The first-order valence-corrected chi connectivity index (χ1v) is 7.22. The van der Waals surface area contributed by atoms with Crippen LogP contribution in [0.15, 0.2) is 30.3 Å². The van der Waals surface area contributed by atoms with Crippen LogP contribution in [-0.4, -0.2) is 29.1 Å². The van der Waals surface area contributed by atoms with Gasteiger partial charge in [-0.05, 0) is 42.3 Å². The second-order valence-electron chi connectivity index (χ2n) is 4.64. The quantitative estimate of drug-likeness (QED) is 0.828. The maximum Gasteiger partial charge on any atom is 0.488 e. The summed E-state index contributed by atoms with van der Waals surface area (Å²) in [5.41, 5.74) is 0.853. The van der Waals surface area contributed by atoms with Gasteiger partial charge in [-0.1, -0.05) is 17.7 Å². The van der Waals surface area contributed by atoms with Crippen molar-refractivity contribution in [3.63, 3.8) is 0 Å². The molecule has 0 bridgehead atoms. The molecule has 0 fully saturated rings. The Morgan fingerprint density at radius 1 is 1.25 bits per heavy atom. The van der Waals surface area contributed by atoms with E-state index in [-0.39, 0.29) is 5.46 Å². The molecular weight excluding hydrogens is 299 g/mol. The number of hydrogen-bond donors (Lipinski definition) is 2. The fourth-order valence-corrected chi connectivity index (χ4v) is 3.15. The lowest BCUT2D eigenvalue weighted by Gasteiger charge is -2.16. The lowest BCUT2D eigenvalue weighted by atomic mass is 9.79. The summed E-state index contributed by atoms with van der Waals surface area (Å²) in [5, 5.41) is 18.2. The number of thiophene rings is 1. The zero-order chi connectivity index (χ0) is 14.7. The van der Waals surface area contributed by atoms with Crippen LogP contribution in [0.5, 0.6) is 0 Å². The van der Waals surface area contributed by atoms with Gasteiger partial charge < -0.3 is 10.0 Å². The second kappa shape index (κ2) is 6.69. The molecule has 1 aromatic carbocycles. The van der Waals surface area contributed by atoms with Crippen LogP contribution in [0.25, 0.3) is 0 Å². The maximum atomic E-state index is 13.4. The van der Waals surface area contributed by atoms with E-state index in [0.29, 0.717) is 18.7 Å². The molecule has 0 unspecified atom stereocenters. The average Bonchev–Trinajstić information content (AvgIpc) is 2.73. The fraction of sp³-hybridized carbons (Fsp3) is 0.231. The first-order valence-electron chi connectivity index (χ1n) is 6.02. The summed E-state index contributed by atoms with van der Waals surface area (Å²) in [6.45, 7) is 1.21. The molecule has 0 aliphatic heterocycles. The fourth-order valence-electron chi connectivity index (χ4n) is 1.99. The Hall–Kier alpha value is -0.915. The Morgan fingerprint density at radius 3 is 2.60 bits per heavy atom. The summed E-state index contributed by atoms with van der Waals surface area (Å²) < 4.78 is 14.2. The van der Waals surface area contributed by atoms with Crippen molar-refractivity contribution in [1.82, 2.24) is 4.90 Å². The SMILES string of the molecule is CN(Cc1cc(F)cc(B(O)O)c1)Cc1ccc(Cl)s1. The molecular formula is C13H14BClFNO2S. The van der Waals surface area contributed by atoms with Gasteiger partial charge in [0.15, 0.2) is 0 Å². The Bertz CT molecular complexity index is 594. The molecule has 2 aromatic rings. The smallest absolute Gasteiger partial charge is 0.423 e.